The van der Waals surface area contributed by atoms with Gasteiger partial charge in [-0.25, -0.2) is 0 Å². The van der Waals surface area contributed by atoms with E-state index >= 15 is 0 Å². The average molecular weight is 369 g/mol. The summed E-state index contributed by atoms with van der Waals surface area (Å²) < 4.78 is 46.5. The van der Waals surface area contributed by atoms with Crippen molar-refractivity contribution in [2.24, 2.45) is 5.92 Å². The minimum atomic E-state index is -4.69. The van der Waals surface area contributed by atoms with Gasteiger partial charge in [0.1, 0.15) is 11.5 Å². The first kappa shape index (κ1) is 20.9. The van der Waals surface area contributed by atoms with E-state index in [1.807, 2.05) is 6.92 Å². The molecule has 1 fully saturated rings. The van der Waals surface area contributed by atoms with Crippen LogP contribution in [0.1, 0.15) is 25.3 Å². The zero-order valence-electron chi connectivity index (χ0n) is 13.6. The minimum Gasteiger partial charge on any atom is -0.494 e. The number of hydrogen-bond donors (Lipinski definition) is 2. The van der Waals surface area contributed by atoms with Gasteiger partial charge in [-0.3, -0.25) is 0 Å². The third kappa shape index (κ3) is 7.15. The molecule has 0 radical (unpaired) electrons. The van der Waals surface area contributed by atoms with Crippen LogP contribution in [0.25, 0.3) is 0 Å². The molecule has 8 heteroatoms. The Labute approximate surface area is 146 Å². The van der Waals surface area contributed by atoms with Crippen molar-refractivity contribution < 1.29 is 22.6 Å². The predicted molar refractivity (Wildman–Crippen MR) is 88.8 cm³/mol. The lowest BCUT2D eigenvalue weighted by molar-refractivity contribution is -0.274. The second-order valence-corrected chi connectivity index (χ2v) is 5.57. The second kappa shape index (κ2) is 9.96. The van der Waals surface area contributed by atoms with Gasteiger partial charge in [0.25, 0.3) is 0 Å². The van der Waals surface area contributed by atoms with Crippen molar-refractivity contribution in [3.8, 4) is 11.5 Å². The van der Waals surface area contributed by atoms with Crippen molar-refractivity contribution in [3.63, 3.8) is 0 Å². The Bertz CT molecular complexity index is 495. The summed E-state index contributed by atoms with van der Waals surface area (Å²) in [5, 5.41) is 6.62. The fraction of sp³-hybridized carbons (Fsp3) is 0.625. The zero-order chi connectivity index (χ0) is 16.7. The van der Waals surface area contributed by atoms with Crippen molar-refractivity contribution >= 4 is 12.4 Å². The van der Waals surface area contributed by atoms with E-state index in [4.69, 9.17) is 4.74 Å². The summed E-state index contributed by atoms with van der Waals surface area (Å²) in [5.41, 5.74) is 0.669. The monoisotopic (exact) mass is 368 g/mol. The lowest BCUT2D eigenvalue weighted by atomic mass is 9.98. The van der Waals surface area contributed by atoms with E-state index < -0.39 is 6.36 Å². The first-order valence-electron chi connectivity index (χ1n) is 7.91. The summed E-state index contributed by atoms with van der Waals surface area (Å²) >= 11 is 0. The average Bonchev–Trinajstić information content (AvgIpc) is 2.49. The van der Waals surface area contributed by atoms with E-state index in [2.05, 4.69) is 15.4 Å². The van der Waals surface area contributed by atoms with E-state index in [9.17, 15) is 13.2 Å². The number of halogens is 4. The fourth-order valence-electron chi connectivity index (χ4n) is 2.68. The Morgan fingerprint density at radius 2 is 1.96 bits per heavy atom. The maximum Gasteiger partial charge on any atom is 0.573 e. The third-order valence-electron chi connectivity index (χ3n) is 3.77. The maximum absolute atomic E-state index is 12.3. The predicted octanol–water partition coefficient (Wildman–Crippen LogP) is 3.49. The van der Waals surface area contributed by atoms with E-state index in [0.717, 1.165) is 32.5 Å². The molecule has 1 aromatic rings. The zero-order valence-corrected chi connectivity index (χ0v) is 14.4. The van der Waals surface area contributed by atoms with Crippen LogP contribution in [-0.4, -0.2) is 32.6 Å². The van der Waals surface area contributed by atoms with Crippen molar-refractivity contribution in [1.82, 2.24) is 10.6 Å². The lowest BCUT2D eigenvalue weighted by Crippen LogP contribution is -2.33. The van der Waals surface area contributed by atoms with E-state index in [-0.39, 0.29) is 18.2 Å². The molecular formula is C16H24ClF3N2O2. The molecule has 138 valence electrons. The van der Waals surface area contributed by atoms with Crippen LogP contribution in [0.4, 0.5) is 13.2 Å². The number of alkyl halides is 3. The lowest BCUT2D eigenvalue weighted by Gasteiger charge is -2.23. The first-order chi connectivity index (χ1) is 11.0. The van der Waals surface area contributed by atoms with Crippen LogP contribution in [0.2, 0.25) is 0 Å². The van der Waals surface area contributed by atoms with Crippen molar-refractivity contribution in [2.45, 2.75) is 32.7 Å². The van der Waals surface area contributed by atoms with Crippen LogP contribution in [0.5, 0.6) is 11.5 Å². The van der Waals surface area contributed by atoms with E-state index in [1.54, 1.807) is 0 Å². The summed E-state index contributed by atoms with van der Waals surface area (Å²) in [6.45, 7) is 5.63. The van der Waals surface area contributed by atoms with Gasteiger partial charge in [0, 0.05) is 12.1 Å². The number of benzene rings is 1. The Morgan fingerprint density at radius 3 is 2.58 bits per heavy atom. The van der Waals surface area contributed by atoms with Crippen LogP contribution >= 0.6 is 12.4 Å². The Morgan fingerprint density at radius 1 is 1.25 bits per heavy atom. The molecule has 0 amide bonds. The highest BCUT2D eigenvalue weighted by Crippen LogP contribution is 2.28. The number of rotatable bonds is 7. The Kier molecular flexibility index (Phi) is 8.66. The minimum absolute atomic E-state index is 0. The number of nitrogens with one attached hydrogen (secondary N) is 2. The summed E-state index contributed by atoms with van der Waals surface area (Å²) in [4.78, 5) is 0. The molecule has 0 spiro atoms. The largest absolute Gasteiger partial charge is 0.573 e. The second-order valence-electron chi connectivity index (χ2n) is 5.57. The molecule has 1 aliphatic heterocycles. The van der Waals surface area contributed by atoms with Gasteiger partial charge in [0.2, 0.25) is 0 Å². The summed E-state index contributed by atoms with van der Waals surface area (Å²) in [6, 6.07) is 4.18. The van der Waals surface area contributed by atoms with Crippen molar-refractivity contribution in [1.29, 1.82) is 0 Å². The van der Waals surface area contributed by atoms with Gasteiger partial charge in [0.15, 0.2) is 0 Å². The molecule has 0 aliphatic carbocycles. The molecule has 1 heterocycles. The molecule has 0 aromatic heterocycles. The van der Waals surface area contributed by atoms with Crippen LogP contribution in [-0.2, 0) is 6.54 Å². The highest BCUT2D eigenvalue weighted by Gasteiger charge is 2.31. The highest BCUT2D eigenvalue weighted by atomic mass is 35.5. The standard InChI is InChI=1S/C16H23F3N2O2.ClH/c1-2-22-15-4-3-14(23-16(17,18)19)9-13(15)11-21-10-12-5-7-20-8-6-12;/h3-4,9,12,20-21H,2,5-8,10-11H2,1H3;1H. The molecule has 1 aromatic carbocycles. The van der Waals surface area contributed by atoms with Crippen LogP contribution in [0.3, 0.4) is 0 Å². The first-order valence-corrected chi connectivity index (χ1v) is 7.91. The smallest absolute Gasteiger partial charge is 0.494 e. The third-order valence-corrected chi connectivity index (χ3v) is 3.77. The van der Waals surface area contributed by atoms with Crippen molar-refractivity contribution in [2.75, 3.05) is 26.2 Å². The molecule has 1 saturated heterocycles. The normalized spacial score (nSPS) is 15.7. The molecule has 2 N–H and O–H groups in total. The fourth-order valence-corrected chi connectivity index (χ4v) is 2.68. The molecule has 24 heavy (non-hydrogen) atoms. The summed E-state index contributed by atoms with van der Waals surface area (Å²) in [5.74, 6) is 0.959. The summed E-state index contributed by atoms with van der Waals surface area (Å²) in [6.07, 6.45) is -2.46. The van der Waals surface area contributed by atoms with Gasteiger partial charge >= 0.3 is 6.36 Å². The van der Waals surface area contributed by atoms with Gasteiger partial charge in [-0.05, 0) is 63.5 Å². The van der Waals surface area contributed by atoms with E-state index in [1.165, 1.54) is 18.2 Å². The Hall–Kier alpha value is -1.18. The van der Waals surface area contributed by atoms with Crippen LogP contribution in [0, 0.1) is 5.92 Å². The van der Waals surface area contributed by atoms with Gasteiger partial charge in [-0.2, -0.15) is 0 Å². The molecule has 0 bridgehead atoms. The van der Waals surface area contributed by atoms with Crippen molar-refractivity contribution in [3.05, 3.63) is 23.8 Å². The van der Waals surface area contributed by atoms with Gasteiger partial charge < -0.3 is 20.1 Å². The van der Waals surface area contributed by atoms with E-state index in [0.29, 0.717) is 30.4 Å². The summed E-state index contributed by atoms with van der Waals surface area (Å²) in [7, 11) is 0. The van der Waals surface area contributed by atoms with Gasteiger partial charge in [0.05, 0.1) is 6.61 Å². The number of ether oxygens (including phenoxy) is 2. The quantitative estimate of drug-likeness (QED) is 0.773. The SMILES string of the molecule is CCOc1ccc(OC(F)(F)F)cc1CNCC1CCNCC1.Cl. The van der Waals surface area contributed by atoms with Crippen LogP contribution in [0.15, 0.2) is 18.2 Å². The van der Waals surface area contributed by atoms with Gasteiger partial charge in [-0.15, -0.1) is 25.6 Å². The van der Waals surface area contributed by atoms with Crippen LogP contribution < -0.4 is 20.1 Å². The molecule has 2 rings (SSSR count). The topological polar surface area (TPSA) is 42.5 Å². The number of hydrogen-bond acceptors (Lipinski definition) is 4. The maximum atomic E-state index is 12.3. The molecule has 0 unspecified atom stereocenters. The molecular weight excluding hydrogens is 345 g/mol. The van der Waals surface area contributed by atoms with Gasteiger partial charge in [-0.1, -0.05) is 0 Å². The number of piperidine rings is 1. The molecule has 4 nitrogen and oxygen atoms in total. The molecule has 1 aliphatic rings. The molecule has 0 saturated carbocycles. The highest BCUT2D eigenvalue weighted by molar-refractivity contribution is 5.85. The Balaban J connectivity index is 0.00000288. The molecule has 0 atom stereocenters.